The highest BCUT2D eigenvalue weighted by Crippen LogP contribution is 2.39. The third-order valence-electron chi connectivity index (χ3n) is 2.46. The summed E-state index contributed by atoms with van der Waals surface area (Å²) in [6.07, 6.45) is 2.20. The van der Waals surface area contributed by atoms with E-state index in [0.717, 1.165) is 0 Å². The quantitative estimate of drug-likeness (QED) is 0.266. The van der Waals surface area contributed by atoms with Gasteiger partial charge in [0.1, 0.15) is 11.9 Å². The van der Waals surface area contributed by atoms with E-state index in [1.807, 2.05) is 0 Å². The maximum absolute atomic E-state index is 11.3. The van der Waals surface area contributed by atoms with Crippen LogP contribution < -0.4 is 5.32 Å². The zero-order valence-electron chi connectivity index (χ0n) is 8.94. The second kappa shape index (κ2) is 4.69. The number of carboxylic acids is 1. The molecule has 96 valence electrons. The summed E-state index contributed by atoms with van der Waals surface area (Å²) in [5.41, 5.74) is -0.138. The van der Waals surface area contributed by atoms with Gasteiger partial charge < -0.3 is 15.6 Å². The third-order valence-corrected chi connectivity index (χ3v) is 3.70. The fraction of sp³-hybridized carbons (Fsp3) is 0.333. The molecule has 0 radical (unpaired) electrons. The lowest BCUT2D eigenvalue weighted by molar-refractivity contribution is -0.146. The molecular weight excluding hydrogens is 262 g/mol. The summed E-state index contributed by atoms with van der Waals surface area (Å²) < 4.78 is 0. The van der Waals surface area contributed by atoms with Crippen LogP contribution in [0.1, 0.15) is 6.42 Å². The summed E-state index contributed by atoms with van der Waals surface area (Å²) in [6.45, 7) is 0. The van der Waals surface area contributed by atoms with Gasteiger partial charge in [0.15, 0.2) is 0 Å². The molecule has 8 nitrogen and oxygen atoms in total. The summed E-state index contributed by atoms with van der Waals surface area (Å²) in [7, 11) is 0. The van der Waals surface area contributed by atoms with Gasteiger partial charge in [0, 0.05) is 0 Å². The maximum Gasteiger partial charge on any atom is 0.352 e. The van der Waals surface area contributed by atoms with E-state index in [4.69, 9.17) is 10.3 Å². The molecule has 1 saturated heterocycles. The van der Waals surface area contributed by atoms with Gasteiger partial charge in [-0.25, -0.2) is 4.79 Å². The van der Waals surface area contributed by atoms with Crippen LogP contribution >= 0.6 is 11.8 Å². The molecule has 0 aromatic rings. The number of carbonyl (C=O) groups is 3. The minimum Gasteiger partial charge on any atom is -0.477 e. The van der Waals surface area contributed by atoms with Crippen LogP contribution in [0.15, 0.2) is 16.9 Å². The van der Waals surface area contributed by atoms with E-state index in [1.165, 1.54) is 22.7 Å². The molecule has 0 aromatic heterocycles. The number of nitrogens with one attached hydrogen (secondary N) is 1. The van der Waals surface area contributed by atoms with Crippen LogP contribution in [0.2, 0.25) is 0 Å². The Kier molecular flexibility index (Phi) is 3.24. The first-order valence-electron chi connectivity index (χ1n) is 4.93. The molecule has 0 saturated carbocycles. The Hall–Kier alpha value is -2.03. The van der Waals surface area contributed by atoms with E-state index < -0.39 is 17.3 Å². The van der Waals surface area contributed by atoms with E-state index in [-0.39, 0.29) is 23.4 Å². The predicted octanol–water partition coefficient (Wildman–Crippen LogP) is -0.838. The normalized spacial score (nSPS) is 26.3. The van der Waals surface area contributed by atoms with Crippen LogP contribution in [0.25, 0.3) is 0 Å². The largest absolute Gasteiger partial charge is 0.477 e. The fourth-order valence-electron chi connectivity index (χ4n) is 1.70. The van der Waals surface area contributed by atoms with E-state index in [0.29, 0.717) is 6.21 Å². The highest BCUT2D eigenvalue weighted by Gasteiger charge is 2.45. The van der Waals surface area contributed by atoms with Gasteiger partial charge in [0.05, 0.1) is 17.2 Å². The molecular formula is C9H9N3O5S. The monoisotopic (exact) mass is 271 g/mol. The Morgan fingerprint density at radius 1 is 1.61 bits per heavy atom. The number of thioether (sulfide) groups is 1. The van der Waals surface area contributed by atoms with E-state index in [1.54, 1.807) is 0 Å². The molecule has 3 N–H and O–H groups in total. The molecule has 0 aliphatic carbocycles. The molecule has 2 aliphatic rings. The lowest BCUT2D eigenvalue weighted by atomic mass is 10.1. The van der Waals surface area contributed by atoms with Crippen molar-refractivity contribution < 1.29 is 24.7 Å². The number of fused-ring (bicyclic) bond motifs is 1. The highest BCUT2D eigenvalue weighted by atomic mass is 32.2. The van der Waals surface area contributed by atoms with Crippen LogP contribution in [0.4, 0.5) is 0 Å². The van der Waals surface area contributed by atoms with Gasteiger partial charge in [-0.1, -0.05) is 5.16 Å². The average Bonchev–Trinajstić information content (AvgIpc) is 2.27. The summed E-state index contributed by atoms with van der Waals surface area (Å²) >= 11 is 1.25. The first-order valence-corrected chi connectivity index (χ1v) is 5.87. The second-order valence-electron chi connectivity index (χ2n) is 3.59. The Bertz CT molecular complexity index is 475. The van der Waals surface area contributed by atoms with E-state index in [9.17, 15) is 14.4 Å². The summed E-state index contributed by atoms with van der Waals surface area (Å²) in [5, 5.41) is 21.3. The average molecular weight is 271 g/mol. The summed E-state index contributed by atoms with van der Waals surface area (Å²) in [6, 6.07) is 0. The molecule has 2 atom stereocenters. The van der Waals surface area contributed by atoms with Crippen molar-refractivity contribution in [3.05, 3.63) is 11.8 Å². The Morgan fingerprint density at radius 3 is 2.89 bits per heavy atom. The molecule has 2 aliphatic heterocycles. The van der Waals surface area contributed by atoms with Gasteiger partial charge >= 0.3 is 5.97 Å². The molecule has 2 rings (SSSR count). The molecule has 0 spiro atoms. The van der Waals surface area contributed by atoms with Crippen LogP contribution in [0, 0.1) is 0 Å². The van der Waals surface area contributed by atoms with Gasteiger partial charge in [-0.2, -0.15) is 0 Å². The van der Waals surface area contributed by atoms with Crippen LogP contribution in [-0.2, 0) is 14.4 Å². The van der Waals surface area contributed by atoms with Gasteiger partial charge in [0.2, 0.25) is 5.91 Å². The number of carboxylic acid groups (broad SMARTS) is 1. The SMILES string of the molecule is O=C(/C=N/O)NC1C=C(C(=O)O)N2C(=O)C[C@H]2S1. The van der Waals surface area contributed by atoms with E-state index in [2.05, 4.69) is 10.5 Å². The van der Waals surface area contributed by atoms with Crippen molar-refractivity contribution in [1.29, 1.82) is 0 Å². The number of hydrogen-bond acceptors (Lipinski definition) is 6. The van der Waals surface area contributed by atoms with Crippen molar-refractivity contribution in [2.24, 2.45) is 5.16 Å². The van der Waals surface area contributed by atoms with Crippen molar-refractivity contribution in [2.75, 3.05) is 0 Å². The zero-order valence-corrected chi connectivity index (χ0v) is 9.75. The Morgan fingerprint density at radius 2 is 2.33 bits per heavy atom. The minimum absolute atomic E-state index is 0.138. The number of rotatable bonds is 3. The lowest BCUT2D eigenvalue weighted by Gasteiger charge is -2.44. The number of aliphatic carboxylic acids is 1. The second-order valence-corrected chi connectivity index (χ2v) is 4.91. The van der Waals surface area contributed by atoms with E-state index >= 15 is 0 Å². The minimum atomic E-state index is -1.22. The van der Waals surface area contributed by atoms with Crippen molar-refractivity contribution in [3.63, 3.8) is 0 Å². The molecule has 9 heteroatoms. The first kappa shape index (κ1) is 12.4. The van der Waals surface area contributed by atoms with Gasteiger partial charge in [0.25, 0.3) is 5.91 Å². The molecule has 0 aromatic carbocycles. The fourth-order valence-corrected chi connectivity index (χ4v) is 3.02. The van der Waals surface area contributed by atoms with Gasteiger partial charge in [-0.3, -0.25) is 14.5 Å². The summed E-state index contributed by atoms with van der Waals surface area (Å²) in [4.78, 5) is 34.6. The van der Waals surface area contributed by atoms with Crippen molar-refractivity contribution in [3.8, 4) is 0 Å². The Labute approximate surface area is 105 Å². The molecule has 0 bridgehead atoms. The highest BCUT2D eigenvalue weighted by molar-refractivity contribution is 8.00. The Balaban J connectivity index is 2.14. The molecule has 18 heavy (non-hydrogen) atoms. The number of carbonyl (C=O) groups excluding carboxylic acids is 2. The smallest absolute Gasteiger partial charge is 0.352 e. The topological polar surface area (TPSA) is 119 Å². The molecule has 2 heterocycles. The zero-order chi connectivity index (χ0) is 13.3. The number of amides is 2. The van der Waals surface area contributed by atoms with Crippen LogP contribution in [-0.4, -0.2) is 50.0 Å². The third kappa shape index (κ3) is 2.16. The molecule has 1 fully saturated rings. The number of β-lactam (4-membered cyclic amide) rings is 1. The van der Waals surface area contributed by atoms with Crippen LogP contribution in [0.3, 0.4) is 0 Å². The molecule has 1 unspecified atom stereocenters. The van der Waals surface area contributed by atoms with Crippen molar-refractivity contribution in [2.45, 2.75) is 17.2 Å². The van der Waals surface area contributed by atoms with Crippen molar-refractivity contribution >= 4 is 35.8 Å². The lowest BCUT2D eigenvalue weighted by Crippen LogP contribution is -2.55. The van der Waals surface area contributed by atoms with Crippen LogP contribution in [0.5, 0.6) is 0 Å². The van der Waals surface area contributed by atoms with Crippen molar-refractivity contribution in [1.82, 2.24) is 10.2 Å². The number of nitrogens with zero attached hydrogens (tertiary/aromatic N) is 2. The predicted molar refractivity (Wildman–Crippen MR) is 60.8 cm³/mol. The first-order chi connectivity index (χ1) is 8.52. The van der Waals surface area contributed by atoms with Gasteiger partial charge in [-0.15, -0.1) is 11.8 Å². The number of hydrogen-bond donors (Lipinski definition) is 3. The maximum atomic E-state index is 11.3. The molecule has 2 amide bonds. The van der Waals surface area contributed by atoms with Gasteiger partial charge in [-0.05, 0) is 6.08 Å². The summed E-state index contributed by atoms with van der Waals surface area (Å²) in [5.74, 6) is -2.11. The number of oxime groups is 1. The standard InChI is InChI=1S/C9H9N3O5S/c13-5(3-10-17)11-6-1-4(9(15)16)12-7(14)2-8(12)18-6/h1,3,6,8,17H,2H2,(H,11,13)(H,15,16)/b10-3+/t6?,8-/m1/s1.